The van der Waals surface area contributed by atoms with Crippen LogP contribution < -0.4 is 4.31 Å². The number of ether oxygens (including phenoxy) is 1. The highest BCUT2D eigenvalue weighted by molar-refractivity contribution is 7.92. The van der Waals surface area contributed by atoms with E-state index in [0.29, 0.717) is 33.3 Å². The summed E-state index contributed by atoms with van der Waals surface area (Å²) >= 11 is 1.33. The fraction of sp³-hybridized carbons (Fsp3) is 0.273. The van der Waals surface area contributed by atoms with Crippen molar-refractivity contribution in [3.05, 3.63) is 64.3 Å². The first-order chi connectivity index (χ1) is 14.7. The molecule has 3 aromatic rings. The van der Waals surface area contributed by atoms with Gasteiger partial charge >= 0.3 is 5.97 Å². The monoisotopic (exact) mass is 462 g/mol. The van der Waals surface area contributed by atoms with Crippen LogP contribution in [0.4, 0.5) is 10.2 Å². The Bertz CT molecular complexity index is 1200. The average Bonchev–Trinajstić information content (AvgIpc) is 3.14. The third-order valence-electron chi connectivity index (χ3n) is 4.84. The first-order valence-electron chi connectivity index (χ1n) is 9.70. The van der Waals surface area contributed by atoms with E-state index < -0.39 is 16.0 Å². The zero-order valence-corrected chi connectivity index (χ0v) is 19.3. The number of hydrogen-bond acceptors (Lipinski definition) is 6. The second kappa shape index (κ2) is 9.15. The van der Waals surface area contributed by atoms with Crippen LogP contribution in [0.3, 0.4) is 0 Å². The van der Waals surface area contributed by atoms with Gasteiger partial charge in [0.1, 0.15) is 10.8 Å². The zero-order chi connectivity index (χ0) is 22.8. The van der Waals surface area contributed by atoms with E-state index in [2.05, 4.69) is 4.98 Å². The Morgan fingerprint density at radius 1 is 1.16 bits per heavy atom. The molecule has 0 spiro atoms. The molecule has 0 aliphatic carbocycles. The van der Waals surface area contributed by atoms with Gasteiger partial charge in [-0.15, -0.1) is 11.3 Å². The van der Waals surface area contributed by atoms with Crippen molar-refractivity contribution in [1.82, 2.24) is 4.98 Å². The molecule has 0 aliphatic heterocycles. The minimum atomic E-state index is -3.98. The van der Waals surface area contributed by atoms with Crippen LogP contribution in [0.5, 0.6) is 0 Å². The molecular weight excluding hydrogens is 439 g/mol. The van der Waals surface area contributed by atoms with Crippen LogP contribution in [-0.2, 0) is 21.2 Å². The summed E-state index contributed by atoms with van der Waals surface area (Å²) < 4.78 is 46.2. The van der Waals surface area contributed by atoms with Gasteiger partial charge in [0.25, 0.3) is 10.0 Å². The van der Waals surface area contributed by atoms with E-state index in [4.69, 9.17) is 4.74 Å². The van der Waals surface area contributed by atoms with Gasteiger partial charge in [0.05, 0.1) is 17.6 Å². The predicted octanol–water partition coefficient (Wildman–Crippen LogP) is 4.82. The lowest BCUT2D eigenvalue weighted by atomic mass is 10.1. The summed E-state index contributed by atoms with van der Waals surface area (Å²) in [4.78, 5) is 17.4. The molecule has 2 aromatic carbocycles. The highest BCUT2D eigenvalue weighted by Gasteiger charge is 2.29. The first kappa shape index (κ1) is 22.9. The summed E-state index contributed by atoms with van der Waals surface area (Å²) in [6, 6.07) is 10.4. The lowest BCUT2D eigenvalue weighted by Crippen LogP contribution is -2.31. The molecule has 0 fully saturated rings. The number of esters is 1. The summed E-state index contributed by atoms with van der Waals surface area (Å²) in [5.41, 5.74) is 1.64. The molecule has 1 heterocycles. The topological polar surface area (TPSA) is 76.6 Å². The number of hydrogen-bond donors (Lipinski definition) is 0. The number of aromatic nitrogens is 1. The Labute approximate surface area is 185 Å². The normalized spacial score (nSPS) is 11.4. The van der Waals surface area contributed by atoms with Crippen LogP contribution in [0.15, 0.2) is 47.4 Å². The fourth-order valence-corrected chi connectivity index (χ4v) is 5.71. The van der Waals surface area contributed by atoms with Crippen molar-refractivity contribution in [3.63, 3.8) is 0 Å². The highest BCUT2D eigenvalue weighted by Crippen LogP contribution is 2.35. The quantitative estimate of drug-likeness (QED) is 0.471. The number of methoxy groups -OCH3 is 1. The molecule has 9 heteroatoms. The number of aryl methyl sites for hydroxylation is 2. The number of halogens is 1. The molecule has 6 nitrogen and oxygen atoms in total. The van der Waals surface area contributed by atoms with Crippen LogP contribution in [-0.4, -0.2) is 33.0 Å². The molecular formula is C22H23FN2O4S2. The number of thiazole rings is 1. The van der Waals surface area contributed by atoms with E-state index in [1.54, 1.807) is 32.0 Å². The zero-order valence-electron chi connectivity index (χ0n) is 17.7. The van der Waals surface area contributed by atoms with Crippen LogP contribution >= 0.6 is 11.3 Å². The van der Waals surface area contributed by atoms with Gasteiger partial charge in [-0.3, -0.25) is 0 Å². The standard InChI is InChI=1S/C22H23FN2O4S2/c1-5-15-9-12-18(13-19(15)22(26)29-4)31(27,28)25(6-2)20-14(3)30-21(24-20)16-7-10-17(23)11-8-16/h7-13H,5-6H2,1-4H3. The largest absolute Gasteiger partial charge is 0.465 e. The van der Waals surface area contributed by atoms with Crippen molar-refractivity contribution in [2.75, 3.05) is 18.0 Å². The van der Waals surface area contributed by atoms with Crippen molar-refractivity contribution in [3.8, 4) is 10.6 Å². The molecule has 0 radical (unpaired) electrons. The number of carbonyl (C=O) groups excluding carboxylic acids is 1. The maximum atomic E-state index is 13.5. The fourth-order valence-electron chi connectivity index (χ4n) is 3.22. The van der Waals surface area contributed by atoms with Crippen LogP contribution in [0.25, 0.3) is 10.6 Å². The van der Waals surface area contributed by atoms with Gasteiger partial charge in [-0.25, -0.2) is 26.9 Å². The van der Waals surface area contributed by atoms with E-state index in [0.717, 1.165) is 0 Å². The van der Waals surface area contributed by atoms with Crippen molar-refractivity contribution in [1.29, 1.82) is 0 Å². The smallest absolute Gasteiger partial charge is 0.338 e. The van der Waals surface area contributed by atoms with Crippen molar-refractivity contribution in [2.24, 2.45) is 0 Å². The number of sulfonamides is 1. The Kier molecular flexibility index (Phi) is 6.76. The lowest BCUT2D eigenvalue weighted by Gasteiger charge is -2.22. The van der Waals surface area contributed by atoms with Crippen molar-refractivity contribution in [2.45, 2.75) is 32.1 Å². The van der Waals surface area contributed by atoms with Gasteiger partial charge in [-0.2, -0.15) is 0 Å². The summed E-state index contributed by atoms with van der Waals surface area (Å²) in [7, 11) is -2.72. The van der Waals surface area contributed by atoms with Crippen molar-refractivity contribution < 1.29 is 22.3 Å². The van der Waals surface area contributed by atoms with Gasteiger partial charge in [0, 0.05) is 17.0 Å². The van der Waals surface area contributed by atoms with E-state index >= 15 is 0 Å². The molecule has 0 unspecified atom stereocenters. The van der Waals surface area contributed by atoms with Crippen LogP contribution in [0.2, 0.25) is 0 Å². The summed E-state index contributed by atoms with van der Waals surface area (Å²) in [5.74, 6) is -0.627. The number of carbonyl (C=O) groups is 1. The molecule has 31 heavy (non-hydrogen) atoms. The molecule has 0 N–H and O–H groups in total. The number of nitrogens with zero attached hydrogens (tertiary/aromatic N) is 2. The van der Waals surface area contributed by atoms with E-state index in [1.807, 2.05) is 6.92 Å². The predicted molar refractivity (Wildman–Crippen MR) is 120 cm³/mol. The second-order valence-electron chi connectivity index (χ2n) is 6.74. The van der Waals surface area contributed by atoms with Gasteiger partial charge in [0.15, 0.2) is 5.82 Å². The number of benzene rings is 2. The molecule has 0 atom stereocenters. The summed E-state index contributed by atoms with van der Waals surface area (Å²) in [6.45, 7) is 5.54. The van der Waals surface area contributed by atoms with E-state index in [9.17, 15) is 17.6 Å². The molecule has 0 saturated carbocycles. The minimum absolute atomic E-state index is 0.0114. The Morgan fingerprint density at radius 2 is 1.84 bits per heavy atom. The highest BCUT2D eigenvalue weighted by atomic mass is 32.2. The number of rotatable bonds is 7. The summed E-state index contributed by atoms with van der Waals surface area (Å²) in [5, 5.41) is 0.595. The molecule has 0 aliphatic rings. The SMILES string of the molecule is CCc1ccc(S(=O)(=O)N(CC)c2nc(-c3ccc(F)cc3)sc2C)cc1C(=O)OC. The third kappa shape index (κ3) is 4.47. The van der Waals surface area contributed by atoms with Gasteiger partial charge in [-0.05, 0) is 62.2 Å². The molecule has 0 bridgehead atoms. The van der Waals surface area contributed by atoms with Crippen molar-refractivity contribution >= 4 is 33.1 Å². The summed E-state index contributed by atoms with van der Waals surface area (Å²) in [6.07, 6.45) is 0.564. The maximum Gasteiger partial charge on any atom is 0.338 e. The van der Waals surface area contributed by atoms with E-state index in [-0.39, 0.29) is 22.8 Å². The first-order valence-corrected chi connectivity index (χ1v) is 12.0. The maximum absolute atomic E-state index is 13.5. The lowest BCUT2D eigenvalue weighted by molar-refractivity contribution is 0.0599. The van der Waals surface area contributed by atoms with E-state index in [1.165, 1.54) is 47.0 Å². The second-order valence-corrected chi connectivity index (χ2v) is 9.81. The number of anilines is 1. The minimum Gasteiger partial charge on any atom is -0.465 e. The molecule has 1 aromatic heterocycles. The Morgan fingerprint density at radius 3 is 2.42 bits per heavy atom. The average molecular weight is 463 g/mol. The Hall–Kier alpha value is -2.78. The molecule has 164 valence electrons. The molecule has 0 saturated heterocycles. The van der Waals surface area contributed by atoms with Gasteiger partial charge < -0.3 is 4.74 Å². The van der Waals surface area contributed by atoms with Crippen LogP contribution in [0, 0.1) is 12.7 Å². The molecule has 0 amide bonds. The van der Waals surface area contributed by atoms with Crippen LogP contribution in [0.1, 0.15) is 34.6 Å². The van der Waals surface area contributed by atoms with Gasteiger partial charge in [-0.1, -0.05) is 13.0 Å². The van der Waals surface area contributed by atoms with Gasteiger partial charge in [0.2, 0.25) is 0 Å². The third-order valence-corrected chi connectivity index (χ3v) is 7.71. The Balaban J connectivity index is 2.06. The molecule has 3 rings (SSSR count).